The van der Waals surface area contributed by atoms with Gasteiger partial charge < -0.3 is 15.3 Å². The van der Waals surface area contributed by atoms with Crippen molar-refractivity contribution in [2.45, 2.75) is 51.1 Å². The van der Waals surface area contributed by atoms with Gasteiger partial charge in [0.05, 0.1) is 12.0 Å². The quantitative estimate of drug-likeness (QED) is 0.617. The lowest BCUT2D eigenvalue weighted by molar-refractivity contribution is -0.137. The van der Waals surface area contributed by atoms with Gasteiger partial charge in [-0.2, -0.15) is 0 Å². The zero-order valence-electron chi connectivity index (χ0n) is 17.3. The van der Waals surface area contributed by atoms with Crippen molar-refractivity contribution in [3.63, 3.8) is 0 Å². The van der Waals surface area contributed by atoms with E-state index in [2.05, 4.69) is 15.6 Å². The molecule has 0 aliphatic carbocycles. The molecule has 3 N–H and O–H groups in total. The Hall–Kier alpha value is -3.01. The van der Waals surface area contributed by atoms with Gasteiger partial charge >= 0.3 is 6.09 Å². The van der Waals surface area contributed by atoms with Crippen LogP contribution < -0.4 is 10.6 Å². The second-order valence-corrected chi connectivity index (χ2v) is 8.25. The number of piperazine rings is 1. The number of carbonyl (C=O) groups excluding carboxylic acids is 3. The first-order valence-corrected chi connectivity index (χ1v) is 9.94. The number of amides is 4. The number of carboxylic acid groups (broad SMARTS) is 1. The molecule has 0 aromatic carbocycles. The number of hydrogen-bond donors (Lipinski definition) is 3. The second-order valence-electron chi connectivity index (χ2n) is 8.25. The Balaban J connectivity index is 1.66. The fourth-order valence-corrected chi connectivity index (χ4v) is 4.09. The molecule has 4 amide bonds. The molecule has 0 spiro atoms. The summed E-state index contributed by atoms with van der Waals surface area (Å²) in [5.74, 6) is -0.587. The predicted molar refractivity (Wildman–Crippen MR) is 108 cm³/mol. The number of imide groups is 1. The van der Waals surface area contributed by atoms with Crippen LogP contribution in [0.5, 0.6) is 0 Å². The Bertz CT molecular complexity index is 863. The van der Waals surface area contributed by atoms with Crippen molar-refractivity contribution in [3.05, 3.63) is 23.9 Å². The van der Waals surface area contributed by atoms with Crippen molar-refractivity contribution < 1.29 is 24.3 Å². The van der Waals surface area contributed by atoms with Crippen LogP contribution in [0.3, 0.4) is 0 Å². The van der Waals surface area contributed by atoms with Crippen LogP contribution in [0.25, 0.3) is 0 Å². The molecule has 3 atom stereocenters. The van der Waals surface area contributed by atoms with Crippen LogP contribution >= 0.6 is 0 Å². The molecular weight excluding hydrogens is 390 g/mol. The number of pyridine rings is 1. The van der Waals surface area contributed by atoms with Gasteiger partial charge in [-0.05, 0) is 44.9 Å². The lowest BCUT2D eigenvalue weighted by atomic mass is 9.76. The van der Waals surface area contributed by atoms with E-state index in [9.17, 15) is 24.3 Å². The monoisotopic (exact) mass is 417 g/mol. The maximum absolute atomic E-state index is 12.6. The highest BCUT2D eigenvalue weighted by atomic mass is 16.4. The molecule has 0 saturated carbocycles. The first-order chi connectivity index (χ1) is 14.1. The van der Waals surface area contributed by atoms with Gasteiger partial charge in [0.15, 0.2) is 0 Å². The topological polar surface area (TPSA) is 132 Å². The predicted octanol–water partition coefficient (Wildman–Crippen LogP) is 0.787. The largest absolute Gasteiger partial charge is 0.465 e. The average molecular weight is 417 g/mol. The molecule has 10 nitrogen and oxygen atoms in total. The first-order valence-electron chi connectivity index (χ1n) is 9.94. The summed E-state index contributed by atoms with van der Waals surface area (Å²) >= 11 is 0. The number of hydrogen-bond acceptors (Lipinski definition) is 6. The van der Waals surface area contributed by atoms with E-state index in [1.807, 2.05) is 18.7 Å². The molecule has 3 heterocycles. The average Bonchev–Trinajstić information content (AvgIpc) is 2.68. The van der Waals surface area contributed by atoms with E-state index in [0.717, 1.165) is 0 Å². The van der Waals surface area contributed by atoms with E-state index in [1.54, 1.807) is 19.1 Å². The van der Waals surface area contributed by atoms with Gasteiger partial charge in [-0.25, -0.2) is 9.78 Å². The smallest absolute Gasteiger partial charge is 0.407 e. The van der Waals surface area contributed by atoms with E-state index < -0.39 is 11.5 Å². The summed E-state index contributed by atoms with van der Waals surface area (Å²) in [5, 5.41) is 14.3. The molecule has 2 aliphatic rings. The molecule has 3 rings (SSSR count). The molecule has 0 radical (unpaired) electrons. The van der Waals surface area contributed by atoms with Crippen LogP contribution in [0.4, 0.5) is 10.6 Å². The molecule has 3 unspecified atom stereocenters. The third kappa shape index (κ3) is 4.43. The minimum Gasteiger partial charge on any atom is -0.465 e. The molecule has 2 aliphatic heterocycles. The summed E-state index contributed by atoms with van der Waals surface area (Å²) in [4.78, 5) is 55.2. The van der Waals surface area contributed by atoms with Crippen molar-refractivity contribution >= 4 is 29.6 Å². The molecule has 162 valence electrons. The minimum absolute atomic E-state index is 0.0997. The molecule has 1 aromatic rings. The van der Waals surface area contributed by atoms with Gasteiger partial charge in [0.25, 0.3) is 0 Å². The van der Waals surface area contributed by atoms with Crippen molar-refractivity contribution in [1.29, 1.82) is 0 Å². The number of carbonyl (C=O) groups is 4. The molecule has 0 bridgehead atoms. The highest BCUT2D eigenvalue weighted by Crippen LogP contribution is 2.32. The molecular formula is C20H27N5O5. The van der Waals surface area contributed by atoms with Crippen molar-refractivity contribution in [3.8, 4) is 0 Å². The van der Waals surface area contributed by atoms with E-state index in [-0.39, 0.29) is 42.8 Å². The van der Waals surface area contributed by atoms with Gasteiger partial charge in [-0.15, -0.1) is 0 Å². The van der Waals surface area contributed by atoms with Gasteiger partial charge in [0.2, 0.25) is 17.7 Å². The number of rotatable bonds is 4. The molecule has 10 heteroatoms. The van der Waals surface area contributed by atoms with Crippen LogP contribution in [0, 0.1) is 0 Å². The number of aromatic nitrogens is 1. The second kappa shape index (κ2) is 8.39. The summed E-state index contributed by atoms with van der Waals surface area (Å²) in [6.07, 6.45) is 1.21. The third-order valence-electron chi connectivity index (χ3n) is 5.97. The van der Waals surface area contributed by atoms with Crippen molar-refractivity contribution in [1.82, 2.24) is 20.1 Å². The lowest BCUT2D eigenvalue weighted by Gasteiger charge is -2.42. The zero-order chi connectivity index (χ0) is 22.1. The molecule has 2 saturated heterocycles. The molecule has 1 aromatic heterocycles. The van der Waals surface area contributed by atoms with Gasteiger partial charge in [-0.3, -0.25) is 24.6 Å². The Labute approximate surface area is 174 Å². The number of anilines is 1. The van der Waals surface area contributed by atoms with Crippen LogP contribution in [0.1, 0.15) is 39.2 Å². The Kier molecular flexibility index (Phi) is 6.06. The van der Waals surface area contributed by atoms with Crippen LogP contribution in [0.2, 0.25) is 0 Å². The minimum atomic E-state index is -0.958. The summed E-state index contributed by atoms with van der Waals surface area (Å²) in [6.45, 7) is 6.33. The number of nitrogens with one attached hydrogen (secondary N) is 2. The maximum Gasteiger partial charge on any atom is 0.407 e. The van der Waals surface area contributed by atoms with E-state index in [1.165, 1.54) is 11.1 Å². The Morgan fingerprint density at radius 2 is 1.97 bits per heavy atom. The Morgan fingerprint density at radius 3 is 2.57 bits per heavy atom. The standard InChI is InChI=1S/C20H27N5O5/c1-12-9-24(19(29)30)10-13(2)25(12)11-17(27)22-15-8-14(5-7-21-15)20(3)6-4-16(26)23-18(20)28/h5,7-8,12-13H,4,6,9-11H2,1-3H3,(H,29,30)(H,21,22,27)(H,23,26,28). The van der Waals surface area contributed by atoms with E-state index in [4.69, 9.17) is 0 Å². The van der Waals surface area contributed by atoms with Crippen LogP contribution in [-0.4, -0.2) is 75.4 Å². The maximum atomic E-state index is 12.6. The van der Waals surface area contributed by atoms with E-state index in [0.29, 0.717) is 30.9 Å². The van der Waals surface area contributed by atoms with Gasteiger partial charge in [0.1, 0.15) is 5.82 Å². The highest BCUT2D eigenvalue weighted by molar-refractivity contribution is 6.03. The normalized spacial score (nSPS) is 27.5. The highest BCUT2D eigenvalue weighted by Gasteiger charge is 2.40. The first kappa shape index (κ1) is 21.7. The van der Waals surface area contributed by atoms with Crippen molar-refractivity contribution in [2.24, 2.45) is 0 Å². The summed E-state index contributed by atoms with van der Waals surface area (Å²) in [6, 6.07) is 3.16. The summed E-state index contributed by atoms with van der Waals surface area (Å²) < 4.78 is 0. The molecule has 30 heavy (non-hydrogen) atoms. The van der Waals surface area contributed by atoms with Gasteiger partial charge in [-0.1, -0.05) is 0 Å². The van der Waals surface area contributed by atoms with Gasteiger partial charge in [0, 0.05) is 37.8 Å². The lowest BCUT2D eigenvalue weighted by Crippen LogP contribution is -2.59. The molecule has 2 fully saturated rings. The summed E-state index contributed by atoms with van der Waals surface area (Å²) in [7, 11) is 0. The number of piperidine rings is 1. The fraction of sp³-hybridized carbons (Fsp3) is 0.550. The van der Waals surface area contributed by atoms with Crippen LogP contribution in [-0.2, 0) is 19.8 Å². The Morgan fingerprint density at radius 1 is 1.30 bits per heavy atom. The number of nitrogens with zero attached hydrogens (tertiary/aromatic N) is 3. The zero-order valence-corrected chi connectivity index (χ0v) is 17.3. The SMILES string of the molecule is CC1CN(C(=O)O)CC(C)N1CC(=O)Nc1cc(C2(C)CCC(=O)NC2=O)ccn1. The fourth-order valence-electron chi connectivity index (χ4n) is 4.09. The van der Waals surface area contributed by atoms with Crippen molar-refractivity contribution in [2.75, 3.05) is 25.0 Å². The summed E-state index contributed by atoms with van der Waals surface area (Å²) in [5.41, 5.74) is -0.193. The van der Waals surface area contributed by atoms with E-state index >= 15 is 0 Å². The van der Waals surface area contributed by atoms with Crippen LogP contribution in [0.15, 0.2) is 18.3 Å². The third-order valence-corrected chi connectivity index (χ3v) is 5.97.